The fourth-order valence-electron chi connectivity index (χ4n) is 13.8. The average molecular weight is 2000 g/mol. The molecule has 0 radical (unpaired) electrons. The van der Waals surface area contributed by atoms with Crippen molar-refractivity contribution in [3.8, 4) is 72.4 Å². The minimum Gasteiger partial charge on any atom is -0.423 e. The Morgan fingerprint density at radius 3 is 1.24 bits per heavy atom. The summed E-state index contributed by atoms with van der Waals surface area (Å²) >= 11 is 19.1. The highest BCUT2D eigenvalue weighted by Gasteiger charge is 2.52. The minimum absolute atomic E-state index is 0.137. The molecule has 0 saturated carbocycles. The van der Waals surface area contributed by atoms with Crippen LogP contribution in [0.3, 0.4) is 0 Å². The quantitative estimate of drug-likeness (QED) is 0.0718. The number of halogens is 6. The summed E-state index contributed by atoms with van der Waals surface area (Å²) < 4.78 is 96.1. The van der Waals surface area contributed by atoms with Crippen LogP contribution in [0.5, 0.6) is 0 Å². The largest absolute Gasteiger partial charge is 0.494 e. The molecule has 1 saturated heterocycles. The number of nitrogens with zero attached hydrogens (tertiary/aromatic N) is 1. The molecule has 1 fully saturated rings. The van der Waals surface area contributed by atoms with E-state index in [0.717, 1.165) is 96.1 Å². The van der Waals surface area contributed by atoms with Gasteiger partial charge in [-0.2, -0.15) is 0 Å². The van der Waals surface area contributed by atoms with Crippen LogP contribution in [-0.2, 0) is 22.2 Å². The average Bonchev–Trinajstić information content (AvgIpc) is 1.58. The van der Waals surface area contributed by atoms with Crippen LogP contribution in [0.15, 0.2) is 416 Å². The lowest BCUT2D eigenvalue weighted by atomic mass is 9.77. The van der Waals surface area contributed by atoms with Gasteiger partial charge in [-0.1, -0.05) is 353 Å². The highest BCUT2D eigenvalue weighted by molar-refractivity contribution is 14.1. The Balaban J connectivity index is 0.000000129. The number of nitrogen functional groups attached to an aromatic ring is 2. The molecule has 590 valence electrons. The lowest BCUT2D eigenvalue weighted by Crippen LogP contribution is -2.41. The molecule has 0 unspecified atom stereocenters. The first-order valence-electron chi connectivity index (χ1n) is 43.3. The smallest absolute Gasteiger partial charge is 0.423 e. The molecule has 2 heterocycles. The third-order valence-corrected chi connectivity index (χ3v) is 24.2. The number of aromatic nitrogens is 1. The monoisotopic (exact) mass is 2000 g/mol. The van der Waals surface area contributed by atoms with Crippen LogP contribution in [0, 0.1) is 3.57 Å². The molecular weight excluding hydrogens is 1900 g/mol. The Hall–Kier alpha value is -9.98. The molecule has 16 aromatic carbocycles. The third kappa shape index (κ3) is 22.0. The standard InChI is InChI=1S/C19H21BO2.C18H12BrN.C18H13Br.C18H15N.C13H9Br.C6H7BO2.C6H5Br2N.C6H5I/c1-18(2)19(3,4)22-20(21-18)15-10-9-14-11-13-7-5-6-8-16(13)17(14)12-15;19-13-10-11-18-16(12-13)15-8-4-5-9-17(15)20(18)14-6-2-1-3-7-14;2*19-18-16(14-8-3-1-4-9-14)12-7-13-17(18)15-10-5-2-6-11-15;14-11-6-5-10-7-9-3-1-2-4-12(9)13(10)8-11;8-7(9)6-4-2-1-3-5-6;7-4-2-1-3-5(8)6(4)9;7-6-4-2-1-3-5-6/h5-10,12H,11H2,1-4H3;1-12H;1-13H;1-13H,19H2;1-6,8H,7H2;1-5,8-9H;1-3H,9H2;1-5H/i;1D,2D,3D,6D,7D;;;;;;1D,2D,3D,4D,5D. The number of hydrogen-bond acceptors (Lipinski definition) is 6. The van der Waals surface area contributed by atoms with Crippen LogP contribution in [-0.4, -0.2) is 40.1 Å². The minimum atomic E-state index is -1.34. The van der Waals surface area contributed by atoms with E-state index in [9.17, 15) is 0 Å². The number of benzene rings is 16. The second-order valence-corrected chi connectivity index (χ2v) is 34.1. The Morgan fingerprint density at radius 2 is 0.748 bits per heavy atom. The van der Waals surface area contributed by atoms with Crippen molar-refractivity contribution in [2.24, 2.45) is 0 Å². The van der Waals surface area contributed by atoms with E-state index in [0.29, 0.717) is 5.46 Å². The Labute approximate surface area is 769 Å². The van der Waals surface area contributed by atoms with Crippen LogP contribution in [0.2, 0.25) is 0 Å². The number of hydrogen-bond donors (Lipinski definition) is 4. The Bertz CT molecular complexity index is 6470. The normalized spacial score (nSPS) is 13.6. The van der Waals surface area contributed by atoms with Gasteiger partial charge in [-0.05, 0) is 272 Å². The Morgan fingerprint density at radius 1 is 0.370 bits per heavy atom. The molecule has 6 N–H and O–H groups in total. The van der Waals surface area contributed by atoms with Gasteiger partial charge in [0.05, 0.1) is 41.6 Å². The molecule has 1 aliphatic heterocycles. The molecule has 0 spiro atoms. The van der Waals surface area contributed by atoms with E-state index in [4.69, 9.17) is 44.5 Å². The van der Waals surface area contributed by atoms with Crippen molar-refractivity contribution in [1.29, 1.82) is 0 Å². The van der Waals surface area contributed by atoms with Crippen molar-refractivity contribution in [2.45, 2.75) is 51.7 Å². The summed E-state index contributed by atoms with van der Waals surface area (Å²) in [4.78, 5) is 0. The predicted octanol–water partition coefficient (Wildman–Crippen LogP) is 28.0. The van der Waals surface area contributed by atoms with Crippen LogP contribution < -0.4 is 22.4 Å². The summed E-state index contributed by atoms with van der Waals surface area (Å²) in [6.07, 6.45) is 2.11. The summed E-state index contributed by atoms with van der Waals surface area (Å²) in [6.45, 7) is 8.37. The van der Waals surface area contributed by atoms with Gasteiger partial charge >= 0.3 is 14.2 Å². The summed E-state index contributed by atoms with van der Waals surface area (Å²) in [5, 5.41) is 19.1. The van der Waals surface area contributed by atoms with Gasteiger partial charge in [-0.25, -0.2) is 0 Å². The van der Waals surface area contributed by atoms with E-state index in [1.165, 1.54) is 66.8 Å². The highest BCUT2D eigenvalue weighted by atomic mass is 127. The summed E-state index contributed by atoms with van der Waals surface area (Å²) in [7, 11) is -1.63. The second-order valence-electron chi connectivity index (χ2n) is 28.7. The Kier molecular flexibility index (Phi) is 25.7. The van der Waals surface area contributed by atoms with E-state index in [-0.39, 0.29) is 88.0 Å². The zero-order chi connectivity index (χ0) is 92.1. The van der Waals surface area contributed by atoms with Gasteiger partial charge < -0.3 is 35.4 Å². The van der Waals surface area contributed by atoms with Crippen molar-refractivity contribution in [3.05, 3.63) is 442 Å². The molecule has 0 bridgehead atoms. The topological polar surface area (TPSA) is 116 Å². The van der Waals surface area contributed by atoms with Gasteiger partial charge in [0.2, 0.25) is 0 Å². The molecular formula is C104H87B2Br5IN3O4. The zero-order valence-corrected chi connectivity index (χ0v) is 75.5. The van der Waals surface area contributed by atoms with Crippen LogP contribution in [0.25, 0.3) is 94.3 Å². The fraction of sp³-hybridized carbons (Fsp3) is 0.0769. The number of rotatable bonds is 7. The van der Waals surface area contributed by atoms with E-state index in [1.54, 1.807) is 51.4 Å². The van der Waals surface area contributed by atoms with Crippen molar-refractivity contribution < 1.29 is 33.1 Å². The van der Waals surface area contributed by atoms with Crippen LogP contribution in [0.1, 0.15) is 63.7 Å². The first-order chi connectivity index (χ1) is 61.8. The van der Waals surface area contributed by atoms with Gasteiger partial charge in [0.25, 0.3) is 0 Å². The molecule has 7 nitrogen and oxygen atoms in total. The third-order valence-electron chi connectivity index (χ3n) is 20.5. The fourth-order valence-corrected chi connectivity index (χ4v) is 16.5. The van der Waals surface area contributed by atoms with Crippen LogP contribution in [0.4, 0.5) is 11.4 Å². The van der Waals surface area contributed by atoms with Gasteiger partial charge in [0.15, 0.2) is 0 Å². The zero-order valence-electron chi connectivity index (χ0n) is 75.4. The lowest BCUT2D eigenvalue weighted by Gasteiger charge is -2.32. The van der Waals surface area contributed by atoms with Crippen molar-refractivity contribution >= 4 is 161 Å². The van der Waals surface area contributed by atoms with E-state index >= 15 is 0 Å². The van der Waals surface area contributed by atoms with Crippen molar-refractivity contribution in [2.75, 3.05) is 11.5 Å². The van der Waals surface area contributed by atoms with E-state index in [1.807, 2.05) is 115 Å². The molecule has 0 atom stereocenters. The summed E-state index contributed by atoms with van der Waals surface area (Å²) in [5.41, 5.74) is 36.8. The maximum atomic E-state index is 8.58. The van der Waals surface area contributed by atoms with E-state index < -0.39 is 7.12 Å². The lowest BCUT2D eigenvalue weighted by molar-refractivity contribution is 0.00578. The first-order valence-corrected chi connectivity index (χ1v) is 43.3. The molecule has 119 heavy (non-hydrogen) atoms. The molecule has 2 aliphatic carbocycles. The number of anilines is 2. The number of para-hydroxylation sites is 4. The number of nitrogens with two attached hydrogens (primary N) is 2. The van der Waals surface area contributed by atoms with Crippen molar-refractivity contribution in [1.82, 2.24) is 4.57 Å². The van der Waals surface area contributed by atoms with Gasteiger partial charge in [0, 0.05) is 59.2 Å². The van der Waals surface area contributed by atoms with E-state index in [2.05, 4.69) is 301 Å². The molecule has 15 heteroatoms. The summed E-state index contributed by atoms with van der Waals surface area (Å²) in [6, 6.07) is 110. The maximum absolute atomic E-state index is 8.58. The molecule has 0 amide bonds. The second kappa shape index (κ2) is 41.3. The van der Waals surface area contributed by atoms with Crippen molar-refractivity contribution in [3.63, 3.8) is 0 Å². The van der Waals surface area contributed by atoms with Gasteiger partial charge in [-0.15, -0.1) is 0 Å². The predicted molar refractivity (Wildman–Crippen MR) is 530 cm³/mol. The van der Waals surface area contributed by atoms with Gasteiger partial charge in [0.1, 0.15) is 0 Å². The molecule has 3 aliphatic rings. The summed E-state index contributed by atoms with van der Waals surface area (Å²) in [5.74, 6) is 0. The van der Waals surface area contributed by atoms with Gasteiger partial charge in [-0.3, -0.25) is 0 Å². The maximum Gasteiger partial charge on any atom is 0.494 e. The van der Waals surface area contributed by atoms with Crippen LogP contribution >= 0.6 is 102 Å². The molecule has 20 rings (SSSR count). The first kappa shape index (κ1) is 74.1. The highest BCUT2D eigenvalue weighted by Crippen LogP contribution is 2.43. The SMILES string of the molecule is Brc1c(-c2ccccc2)cccc1-c1ccccc1.Brc1ccc2c(c1)-c1ccccc1C2.CC1(C)OB(c2ccc3c(c2)-c2ccccc2C3)OC1(C)C.Nc1c(-c2ccccc2)cccc1-c1ccccc1.Nc1c(Br)cccc1Br.OB(O)c1ccccc1.[2H]c1c([2H])c([2H])c(-n2c3ccccc3c3cc(Br)ccc32)c([2H])c1[2H].[2H]c1c([2H])c([2H])c(I)c([2H])c1[2H]. The molecule has 1 aromatic heterocycles. The molecule has 17 aromatic rings. The number of fused-ring (bicyclic) bond motifs is 9.